The maximum Gasteiger partial charge on any atom is 0.329 e. The van der Waals surface area contributed by atoms with E-state index in [0.29, 0.717) is 24.4 Å². The van der Waals surface area contributed by atoms with Crippen LogP contribution in [-0.4, -0.2) is 40.7 Å². The summed E-state index contributed by atoms with van der Waals surface area (Å²) >= 11 is 5.85. The number of ketones is 1. The molecule has 0 N–H and O–H groups in total. The quantitative estimate of drug-likeness (QED) is 0.483. The monoisotopic (exact) mass is 337 g/mol. The van der Waals surface area contributed by atoms with E-state index in [0.717, 1.165) is 0 Å². The summed E-state index contributed by atoms with van der Waals surface area (Å²) in [6.45, 7) is 5.67. The minimum Gasteiger partial charge on any atom is -0.458 e. The summed E-state index contributed by atoms with van der Waals surface area (Å²) in [6.07, 6.45) is 1.17. The zero-order valence-electron chi connectivity index (χ0n) is 13.5. The summed E-state index contributed by atoms with van der Waals surface area (Å²) in [6, 6.07) is 5.51. The standard InChI is InChI=1S/C17H20ClNO4/c1-17(2,3)23-16(22)13-8-5-9-19(13)15(21)14(20)11-6-4-7-12(18)10-11/h4,6-7,10,13H,5,8-9H2,1-3H3/t13-/m0/s1. The van der Waals surface area contributed by atoms with Crippen molar-refractivity contribution in [3.8, 4) is 0 Å². The molecule has 1 amide bonds. The third kappa shape index (κ3) is 4.32. The highest BCUT2D eigenvalue weighted by Gasteiger charge is 2.39. The van der Waals surface area contributed by atoms with E-state index < -0.39 is 29.3 Å². The number of likely N-dealkylation sites (tertiary alicyclic amines) is 1. The van der Waals surface area contributed by atoms with Crippen molar-refractivity contribution in [2.75, 3.05) is 6.54 Å². The molecule has 1 aliphatic rings. The van der Waals surface area contributed by atoms with Gasteiger partial charge in [-0.15, -0.1) is 0 Å². The molecule has 1 aromatic carbocycles. The van der Waals surface area contributed by atoms with E-state index in [1.165, 1.54) is 17.0 Å². The summed E-state index contributed by atoms with van der Waals surface area (Å²) < 4.78 is 5.34. The van der Waals surface area contributed by atoms with Crippen LogP contribution in [-0.2, 0) is 14.3 Å². The molecule has 0 spiro atoms. The van der Waals surface area contributed by atoms with Crippen molar-refractivity contribution in [2.45, 2.75) is 45.3 Å². The number of nitrogens with zero attached hydrogens (tertiary/aromatic N) is 1. The Morgan fingerprint density at radius 3 is 2.57 bits per heavy atom. The van der Waals surface area contributed by atoms with Gasteiger partial charge in [-0.2, -0.15) is 0 Å². The average Bonchev–Trinajstić information content (AvgIpc) is 2.93. The Balaban J connectivity index is 2.14. The van der Waals surface area contributed by atoms with Crippen molar-refractivity contribution < 1.29 is 19.1 Å². The van der Waals surface area contributed by atoms with Crippen molar-refractivity contribution >= 4 is 29.3 Å². The van der Waals surface area contributed by atoms with E-state index in [4.69, 9.17) is 16.3 Å². The second-order valence-corrected chi connectivity index (χ2v) is 6.97. The number of carbonyl (C=O) groups excluding carboxylic acids is 3. The lowest BCUT2D eigenvalue weighted by Gasteiger charge is -2.27. The number of amides is 1. The number of rotatable bonds is 3. The fourth-order valence-electron chi connectivity index (χ4n) is 2.51. The summed E-state index contributed by atoms with van der Waals surface area (Å²) in [7, 11) is 0. The smallest absolute Gasteiger partial charge is 0.329 e. The van der Waals surface area contributed by atoms with Crippen molar-refractivity contribution in [3.63, 3.8) is 0 Å². The van der Waals surface area contributed by atoms with Crippen LogP contribution in [0.25, 0.3) is 0 Å². The number of benzene rings is 1. The molecule has 1 fully saturated rings. The average molecular weight is 338 g/mol. The van der Waals surface area contributed by atoms with E-state index >= 15 is 0 Å². The lowest BCUT2D eigenvalue weighted by atomic mass is 10.1. The molecule has 0 aliphatic carbocycles. The summed E-state index contributed by atoms with van der Waals surface area (Å²) in [5.74, 6) is -1.83. The van der Waals surface area contributed by atoms with Crippen LogP contribution in [0, 0.1) is 0 Å². The van der Waals surface area contributed by atoms with Crippen molar-refractivity contribution in [1.29, 1.82) is 0 Å². The van der Waals surface area contributed by atoms with Crippen LogP contribution < -0.4 is 0 Å². The Morgan fingerprint density at radius 1 is 1.26 bits per heavy atom. The molecule has 1 aliphatic heterocycles. The Kier molecular flexibility index (Phi) is 5.09. The Bertz CT molecular complexity index is 636. The highest BCUT2D eigenvalue weighted by molar-refractivity contribution is 6.43. The van der Waals surface area contributed by atoms with Gasteiger partial charge in [0.25, 0.3) is 5.91 Å². The zero-order chi connectivity index (χ0) is 17.2. The molecule has 1 saturated heterocycles. The number of carbonyl (C=O) groups is 3. The third-order valence-corrected chi connectivity index (χ3v) is 3.71. The minimum atomic E-state index is -0.704. The van der Waals surface area contributed by atoms with Gasteiger partial charge in [0, 0.05) is 17.1 Å². The third-order valence-electron chi connectivity index (χ3n) is 3.47. The number of ether oxygens (including phenoxy) is 1. The van der Waals surface area contributed by atoms with Crippen LogP contribution in [0.5, 0.6) is 0 Å². The lowest BCUT2D eigenvalue weighted by Crippen LogP contribution is -2.46. The maximum absolute atomic E-state index is 12.5. The zero-order valence-corrected chi connectivity index (χ0v) is 14.2. The largest absolute Gasteiger partial charge is 0.458 e. The fourth-order valence-corrected chi connectivity index (χ4v) is 2.70. The molecule has 0 radical (unpaired) electrons. The minimum absolute atomic E-state index is 0.220. The molecule has 6 heteroatoms. The normalized spacial score (nSPS) is 17.9. The Hall–Kier alpha value is -1.88. The van der Waals surface area contributed by atoms with Gasteiger partial charge < -0.3 is 9.64 Å². The van der Waals surface area contributed by atoms with Gasteiger partial charge in [0.15, 0.2) is 0 Å². The van der Waals surface area contributed by atoms with Crippen LogP contribution in [0.2, 0.25) is 5.02 Å². The van der Waals surface area contributed by atoms with E-state index in [2.05, 4.69) is 0 Å². The highest BCUT2D eigenvalue weighted by atomic mass is 35.5. The summed E-state index contributed by atoms with van der Waals surface area (Å²) in [5.41, 5.74) is -0.414. The molecule has 124 valence electrons. The Labute approximate surface area is 140 Å². The predicted octanol–water partition coefficient (Wildman–Crippen LogP) is 2.86. The van der Waals surface area contributed by atoms with Gasteiger partial charge in [0.05, 0.1) is 0 Å². The molecular formula is C17H20ClNO4. The van der Waals surface area contributed by atoms with Crippen LogP contribution in [0.1, 0.15) is 44.0 Å². The number of halogens is 1. The molecule has 2 rings (SSSR count). The molecule has 0 unspecified atom stereocenters. The van der Waals surface area contributed by atoms with Gasteiger partial charge >= 0.3 is 5.97 Å². The van der Waals surface area contributed by atoms with Crippen molar-refractivity contribution in [2.24, 2.45) is 0 Å². The van der Waals surface area contributed by atoms with E-state index in [-0.39, 0.29) is 5.56 Å². The van der Waals surface area contributed by atoms with Gasteiger partial charge in [0.2, 0.25) is 5.78 Å². The first-order valence-corrected chi connectivity index (χ1v) is 7.90. The van der Waals surface area contributed by atoms with Crippen LogP contribution >= 0.6 is 11.6 Å². The van der Waals surface area contributed by atoms with Crippen molar-refractivity contribution in [1.82, 2.24) is 4.90 Å². The van der Waals surface area contributed by atoms with Crippen LogP contribution in [0.15, 0.2) is 24.3 Å². The lowest BCUT2D eigenvalue weighted by molar-refractivity contribution is -0.162. The van der Waals surface area contributed by atoms with E-state index in [9.17, 15) is 14.4 Å². The van der Waals surface area contributed by atoms with E-state index in [1.807, 2.05) is 0 Å². The molecule has 0 saturated carbocycles. The molecule has 23 heavy (non-hydrogen) atoms. The van der Waals surface area contributed by atoms with Gasteiger partial charge in [-0.05, 0) is 45.7 Å². The number of esters is 1. The number of hydrogen-bond acceptors (Lipinski definition) is 4. The molecule has 0 bridgehead atoms. The first-order valence-electron chi connectivity index (χ1n) is 7.53. The van der Waals surface area contributed by atoms with Crippen LogP contribution in [0.3, 0.4) is 0 Å². The molecule has 1 atom stereocenters. The fraction of sp³-hybridized carbons (Fsp3) is 0.471. The predicted molar refractivity (Wildman–Crippen MR) is 86.4 cm³/mol. The van der Waals surface area contributed by atoms with E-state index in [1.54, 1.807) is 32.9 Å². The first kappa shape index (κ1) is 17.5. The highest BCUT2D eigenvalue weighted by Crippen LogP contribution is 2.22. The Morgan fingerprint density at radius 2 is 1.96 bits per heavy atom. The summed E-state index contributed by atoms with van der Waals surface area (Å²) in [5, 5.41) is 0.383. The maximum atomic E-state index is 12.5. The topological polar surface area (TPSA) is 63.7 Å². The van der Waals surface area contributed by atoms with Gasteiger partial charge in [0.1, 0.15) is 11.6 Å². The summed E-state index contributed by atoms with van der Waals surface area (Å²) in [4.78, 5) is 38.3. The van der Waals surface area contributed by atoms with Gasteiger partial charge in [-0.1, -0.05) is 23.7 Å². The second kappa shape index (κ2) is 6.71. The molecule has 1 heterocycles. The number of Topliss-reactive ketones (excluding diaryl/α,β-unsaturated/α-hetero) is 1. The van der Waals surface area contributed by atoms with Crippen LogP contribution in [0.4, 0.5) is 0 Å². The first-order chi connectivity index (χ1) is 10.7. The molecule has 0 aromatic heterocycles. The molecule has 5 nitrogen and oxygen atoms in total. The molecule has 1 aromatic rings. The molecular weight excluding hydrogens is 318 g/mol. The SMILES string of the molecule is CC(C)(C)OC(=O)[C@@H]1CCCN1C(=O)C(=O)c1cccc(Cl)c1. The number of hydrogen-bond donors (Lipinski definition) is 0. The van der Waals surface area contributed by atoms with Crippen molar-refractivity contribution in [3.05, 3.63) is 34.9 Å². The second-order valence-electron chi connectivity index (χ2n) is 6.53. The van der Waals surface area contributed by atoms with Gasteiger partial charge in [-0.25, -0.2) is 4.79 Å². The van der Waals surface area contributed by atoms with Gasteiger partial charge in [-0.3, -0.25) is 9.59 Å².